The maximum atomic E-state index is 13.0. The van der Waals surface area contributed by atoms with Crippen LogP contribution in [0.4, 0.5) is 0 Å². The average Bonchev–Trinajstić information content (AvgIpc) is 3.07. The molecule has 0 saturated carbocycles. The number of carbonyl (C=O) groups excluding carboxylic acids is 1. The Morgan fingerprint density at radius 1 is 1.35 bits per heavy atom. The van der Waals surface area contributed by atoms with Crippen molar-refractivity contribution >= 4 is 5.91 Å². The van der Waals surface area contributed by atoms with Crippen LogP contribution >= 0.6 is 0 Å². The minimum atomic E-state index is -0.165. The smallest absolute Gasteiger partial charge is 0.230 e. The van der Waals surface area contributed by atoms with Crippen LogP contribution in [0.15, 0.2) is 24.3 Å². The third-order valence-corrected chi connectivity index (χ3v) is 5.28. The Kier molecular flexibility index (Phi) is 4.00. The van der Waals surface area contributed by atoms with E-state index in [2.05, 4.69) is 29.4 Å². The van der Waals surface area contributed by atoms with E-state index in [1.54, 1.807) is 0 Å². The number of amides is 1. The number of rotatable bonds is 3. The summed E-state index contributed by atoms with van der Waals surface area (Å²) in [5.41, 5.74) is 5.76. The van der Waals surface area contributed by atoms with Gasteiger partial charge in [0.15, 0.2) is 0 Å². The Balaban J connectivity index is 1.86. The highest BCUT2D eigenvalue weighted by molar-refractivity contribution is 5.84. The van der Waals surface area contributed by atoms with Crippen LogP contribution in [0, 0.1) is 13.8 Å². The largest absolute Gasteiger partial charge is 0.338 e. The molecule has 23 heavy (non-hydrogen) atoms. The van der Waals surface area contributed by atoms with Crippen molar-refractivity contribution in [1.29, 1.82) is 0 Å². The van der Waals surface area contributed by atoms with Crippen LogP contribution in [-0.2, 0) is 18.3 Å². The molecule has 1 aliphatic carbocycles. The Morgan fingerprint density at radius 3 is 2.70 bits per heavy atom. The number of hydrogen-bond donors (Lipinski definition) is 0. The van der Waals surface area contributed by atoms with Crippen LogP contribution in [0.3, 0.4) is 0 Å². The Bertz CT molecular complexity index is 747. The van der Waals surface area contributed by atoms with Gasteiger partial charge in [0.05, 0.1) is 17.7 Å². The summed E-state index contributed by atoms with van der Waals surface area (Å²) >= 11 is 0. The van der Waals surface area contributed by atoms with Gasteiger partial charge in [-0.15, -0.1) is 0 Å². The second-order valence-electron chi connectivity index (χ2n) is 6.63. The first-order valence-electron chi connectivity index (χ1n) is 8.26. The molecule has 4 nitrogen and oxygen atoms in total. The van der Waals surface area contributed by atoms with E-state index in [9.17, 15) is 4.79 Å². The quantitative estimate of drug-likeness (QED) is 0.872. The van der Waals surface area contributed by atoms with Crippen molar-refractivity contribution in [1.82, 2.24) is 14.7 Å². The predicted molar refractivity (Wildman–Crippen MR) is 91.4 cm³/mol. The minimum Gasteiger partial charge on any atom is -0.338 e. The molecule has 1 aromatic heterocycles. The molecule has 1 heterocycles. The van der Waals surface area contributed by atoms with E-state index in [0.717, 1.165) is 29.8 Å². The van der Waals surface area contributed by atoms with Gasteiger partial charge in [-0.25, -0.2) is 0 Å². The lowest BCUT2D eigenvalue weighted by Crippen LogP contribution is -2.33. The number of hydrogen-bond acceptors (Lipinski definition) is 2. The van der Waals surface area contributed by atoms with E-state index in [-0.39, 0.29) is 17.9 Å². The molecule has 4 heteroatoms. The third-order valence-electron chi connectivity index (χ3n) is 5.28. The number of fused-ring (bicyclic) bond motifs is 1. The zero-order chi connectivity index (χ0) is 16.7. The molecule has 1 amide bonds. The normalized spacial score (nSPS) is 17.9. The van der Waals surface area contributed by atoms with Crippen LogP contribution in [0.5, 0.6) is 0 Å². The SMILES string of the molecule is Cc1nn(C)c(C)c1[C@@H](C)C(=O)N(C)[C@H]1CCc2ccccc21. The summed E-state index contributed by atoms with van der Waals surface area (Å²) in [7, 11) is 3.87. The van der Waals surface area contributed by atoms with Crippen LogP contribution in [0.2, 0.25) is 0 Å². The van der Waals surface area contributed by atoms with Gasteiger partial charge < -0.3 is 4.90 Å². The highest BCUT2D eigenvalue weighted by Crippen LogP contribution is 2.36. The van der Waals surface area contributed by atoms with Gasteiger partial charge in [-0.1, -0.05) is 24.3 Å². The van der Waals surface area contributed by atoms with Crippen LogP contribution in [0.25, 0.3) is 0 Å². The fraction of sp³-hybridized carbons (Fsp3) is 0.474. The van der Waals surface area contributed by atoms with E-state index in [0.29, 0.717) is 0 Å². The molecular weight excluding hydrogens is 286 g/mol. The van der Waals surface area contributed by atoms with E-state index in [1.807, 2.05) is 44.4 Å². The van der Waals surface area contributed by atoms with Crippen molar-refractivity contribution in [2.45, 2.75) is 45.6 Å². The van der Waals surface area contributed by atoms with Crippen molar-refractivity contribution in [3.05, 3.63) is 52.3 Å². The summed E-state index contributed by atoms with van der Waals surface area (Å²) in [5.74, 6) is 0.00682. The Morgan fingerprint density at radius 2 is 2.04 bits per heavy atom. The number of aromatic nitrogens is 2. The van der Waals surface area contributed by atoms with E-state index in [1.165, 1.54) is 11.1 Å². The van der Waals surface area contributed by atoms with Gasteiger partial charge >= 0.3 is 0 Å². The van der Waals surface area contributed by atoms with Crippen LogP contribution < -0.4 is 0 Å². The van der Waals surface area contributed by atoms with E-state index in [4.69, 9.17) is 0 Å². The molecular formula is C19H25N3O. The second kappa shape index (κ2) is 5.84. The van der Waals surface area contributed by atoms with Gasteiger partial charge in [-0.2, -0.15) is 5.10 Å². The van der Waals surface area contributed by atoms with Gasteiger partial charge in [0.25, 0.3) is 0 Å². The van der Waals surface area contributed by atoms with E-state index >= 15 is 0 Å². The molecule has 3 rings (SSSR count). The summed E-state index contributed by atoms with van der Waals surface area (Å²) in [4.78, 5) is 15.0. The zero-order valence-electron chi connectivity index (χ0n) is 14.6. The molecule has 0 N–H and O–H groups in total. The highest BCUT2D eigenvalue weighted by Gasteiger charge is 2.32. The highest BCUT2D eigenvalue weighted by atomic mass is 16.2. The molecule has 0 spiro atoms. The number of carbonyl (C=O) groups is 1. The van der Waals surface area contributed by atoms with Gasteiger partial charge in [-0.05, 0) is 44.7 Å². The van der Waals surface area contributed by atoms with Crippen LogP contribution in [0.1, 0.15) is 53.4 Å². The standard InChI is InChI=1S/C19H25N3O/c1-12(18-13(2)20-22(5)14(18)3)19(23)21(4)17-11-10-15-8-6-7-9-16(15)17/h6-9,12,17H,10-11H2,1-5H3/t12-,17+/m1/s1. The monoisotopic (exact) mass is 311 g/mol. The Labute approximate surface area is 138 Å². The molecule has 0 aliphatic heterocycles. The lowest BCUT2D eigenvalue weighted by molar-refractivity contribution is -0.133. The molecule has 0 bridgehead atoms. The topological polar surface area (TPSA) is 38.1 Å². The van der Waals surface area contributed by atoms with Gasteiger partial charge in [-0.3, -0.25) is 9.48 Å². The maximum Gasteiger partial charge on any atom is 0.230 e. The molecule has 0 saturated heterocycles. The lowest BCUT2D eigenvalue weighted by Gasteiger charge is -2.28. The van der Waals surface area contributed by atoms with Crippen molar-refractivity contribution in [3.8, 4) is 0 Å². The second-order valence-corrected chi connectivity index (χ2v) is 6.63. The molecule has 1 aromatic carbocycles. The maximum absolute atomic E-state index is 13.0. The van der Waals surface area contributed by atoms with Crippen molar-refractivity contribution in [2.75, 3.05) is 7.05 Å². The van der Waals surface area contributed by atoms with Crippen LogP contribution in [-0.4, -0.2) is 27.6 Å². The summed E-state index contributed by atoms with van der Waals surface area (Å²) in [6.45, 7) is 6.01. The number of benzene rings is 1. The summed E-state index contributed by atoms with van der Waals surface area (Å²) < 4.78 is 1.86. The molecule has 2 aromatic rings. The molecule has 0 radical (unpaired) electrons. The summed E-state index contributed by atoms with van der Waals surface area (Å²) in [5, 5.41) is 4.45. The van der Waals surface area contributed by atoms with Gasteiger partial charge in [0.1, 0.15) is 0 Å². The van der Waals surface area contributed by atoms with Gasteiger partial charge in [0.2, 0.25) is 5.91 Å². The molecule has 1 aliphatic rings. The average molecular weight is 311 g/mol. The summed E-state index contributed by atoms with van der Waals surface area (Å²) in [6.07, 6.45) is 2.07. The first kappa shape index (κ1) is 15.8. The molecule has 0 fully saturated rings. The molecule has 2 atom stereocenters. The first-order valence-corrected chi connectivity index (χ1v) is 8.26. The predicted octanol–water partition coefficient (Wildman–Crippen LogP) is 3.29. The lowest BCUT2D eigenvalue weighted by atomic mass is 9.96. The van der Waals surface area contributed by atoms with E-state index < -0.39 is 0 Å². The third kappa shape index (κ3) is 2.56. The fourth-order valence-electron chi connectivity index (χ4n) is 3.94. The van der Waals surface area contributed by atoms with Crippen molar-refractivity contribution in [2.24, 2.45) is 7.05 Å². The summed E-state index contributed by atoms with van der Waals surface area (Å²) in [6, 6.07) is 8.66. The zero-order valence-corrected chi connectivity index (χ0v) is 14.6. The first-order chi connectivity index (χ1) is 10.9. The molecule has 0 unspecified atom stereocenters. The fourth-order valence-corrected chi connectivity index (χ4v) is 3.94. The minimum absolute atomic E-state index is 0.165. The van der Waals surface area contributed by atoms with Crippen molar-refractivity contribution < 1.29 is 4.79 Å². The Hall–Kier alpha value is -2.10. The molecule has 122 valence electrons. The number of nitrogens with zero attached hydrogens (tertiary/aromatic N) is 3. The van der Waals surface area contributed by atoms with Gasteiger partial charge in [0, 0.05) is 25.4 Å². The number of aryl methyl sites for hydroxylation is 3. The van der Waals surface area contributed by atoms with Crippen molar-refractivity contribution in [3.63, 3.8) is 0 Å². The number of likely N-dealkylation sites (N-methyl/N-ethyl adjacent to an activating group) is 1.